The summed E-state index contributed by atoms with van der Waals surface area (Å²) in [5, 5.41) is 0. The normalized spacial score (nSPS) is 10.1. The summed E-state index contributed by atoms with van der Waals surface area (Å²) in [6.07, 6.45) is 0.423. The molecule has 0 aliphatic heterocycles. The number of carbonyl (C=O) groups is 2. The van der Waals surface area contributed by atoms with Crippen LogP contribution >= 0.6 is 0 Å². The lowest BCUT2D eigenvalue weighted by molar-refractivity contribution is -0.145. The minimum atomic E-state index is -0.482. The van der Waals surface area contributed by atoms with Gasteiger partial charge in [0.15, 0.2) is 0 Å². The number of rotatable bonds is 8. The first kappa shape index (κ1) is 16.7. The van der Waals surface area contributed by atoms with Crippen LogP contribution in [-0.2, 0) is 14.3 Å². The molecule has 2 rings (SSSR count). The molecule has 0 amide bonds. The monoisotopic (exact) mass is 312 g/mol. The number of ether oxygens (including phenoxy) is 2. The van der Waals surface area contributed by atoms with Gasteiger partial charge in [0.25, 0.3) is 0 Å². The van der Waals surface area contributed by atoms with Crippen molar-refractivity contribution < 1.29 is 19.1 Å². The van der Waals surface area contributed by atoms with E-state index in [1.165, 1.54) is 6.92 Å². The number of Topliss-reactive ketones (excluding diaryl/α,β-unsaturated/α-hetero) is 1. The molecular weight excluding hydrogens is 292 g/mol. The van der Waals surface area contributed by atoms with Crippen LogP contribution in [0, 0.1) is 0 Å². The minimum absolute atomic E-state index is 0.165. The quantitative estimate of drug-likeness (QED) is 0.424. The molecule has 0 saturated carbocycles. The lowest BCUT2D eigenvalue weighted by Crippen LogP contribution is -2.11. The van der Waals surface area contributed by atoms with E-state index in [0.717, 1.165) is 16.9 Å². The molecule has 0 saturated heterocycles. The van der Waals surface area contributed by atoms with Crippen LogP contribution in [-0.4, -0.2) is 25.0 Å². The molecular formula is C19H20O4. The van der Waals surface area contributed by atoms with Gasteiger partial charge >= 0.3 is 5.97 Å². The van der Waals surface area contributed by atoms with Crippen molar-refractivity contribution in [2.45, 2.75) is 19.8 Å². The summed E-state index contributed by atoms with van der Waals surface area (Å²) in [6, 6.07) is 18.0. The third-order valence-corrected chi connectivity index (χ3v) is 3.18. The number of esters is 1. The first-order valence-corrected chi connectivity index (χ1v) is 7.58. The maximum Gasteiger partial charge on any atom is 0.313 e. The van der Waals surface area contributed by atoms with Crippen molar-refractivity contribution in [2.24, 2.45) is 0 Å². The van der Waals surface area contributed by atoms with Crippen molar-refractivity contribution in [3.63, 3.8) is 0 Å². The fourth-order valence-electron chi connectivity index (χ4n) is 2.06. The number of benzene rings is 2. The Morgan fingerprint density at radius 2 is 1.52 bits per heavy atom. The number of ketones is 1. The predicted octanol–water partition coefficient (Wildman–Crippen LogP) is 3.64. The van der Waals surface area contributed by atoms with Crippen molar-refractivity contribution in [1.29, 1.82) is 0 Å². The Hall–Kier alpha value is -2.62. The molecule has 0 atom stereocenters. The summed E-state index contributed by atoms with van der Waals surface area (Å²) in [5.41, 5.74) is 2.30. The summed E-state index contributed by atoms with van der Waals surface area (Å²) < 4.78 is 10.5. The van der Waals surface area contributed by atoms with Crippen LogP contribution in [0.5, 0.6) is 5.75 Å². The Kier molecular flexibility index (Phi) is 6.36. The number of carbonyl (C=O) groups excluding carboxylic acids is 2. The van der Waals surface area contributed by atoms with E-state index >= 15 is 0 Å². The highest BCUT2D eigenvalue weighted by Crippen LogP contribution is 2.22. The zero-order valence-corrected chi connectivity index (χ0v) is 13.2. The summed E-state index contributed by atoms with van der Waals surface area (Å²) in [7, 11) is 0. The molecule has 0 N–H and O–H groups in total. The second-order valence-corrected chi connectivity index (χ2v) is 5.19. The lowest BCUT2D eigenvalue weighted by atomic mass is 10.1. The zero-order valence-electron chi connectivity index (χ0n) is 13.2. The van der Waals surface area contributed by atoms with Gasteiger partial charge in [-0.05, 0) is 30.2 Å². The molecule has 0 aromatic heterocycles. The zero-order chi connectivity index (χ0) is 16.5. The third-order valence-electron chi connectivity index (χ3n) is 3.18. The summed E-state index contributed by atoms with van der Waals surface area (Å²) in [4.78, 5) is 21.9. The molecule has 4 heteroatoms. The van der Waals surface area contributed by atoms with Crippen molar-refractivity contribution in [1.82, 2.24) is 0 Å². The molecule has 0 unspecified atom stereocenters. The minimum Gasteiger partial charge on any atom is -0.493 e. The average Bonchev–Trinajstić information content (AvgIpc) is 2.55. The highest BCUT2D eigenvalue weighted by atomic mass is 16.5. The van der Waals surface area contributed by atoms with Crippen molar-refractivity contribution in [3.05, 3.63) is 54.6 Å². The van der Waals surface area contributed by atoms with Gasteiger partial charge in [-0.2, -0.15) is 0 Å². The van der Waals surface area contributed by atoms with E-state index in [4.69, 9.17) is 9.47 Å². The van der Waals surface area contributed by atoms with Crippen molar-refractivity contribution in [2.75, 3.05) is 13.2 Å². The van der Waals surface area contributed by atoms with Crippen molar-refractivity contribution >= 4 is 11.8 Å². The molecule has 2 aromatic carbocycles. The molecule has 120 valence electrons. The first-order chi connectivity index (χ1) is 11.1. The molecule has 0 fully saturated rings. The second kappa shape index (κ2) is 8.73. The largest absolute Gasteiger partial charge is 0.493 e. The molecule has 0 bridgehead atoms. The van der Waals surface area contributed by atoms with E-state index < -0.39 is 5.97 Å². The predicted molar refractivity (Wildman–Crippen MR) is 88.2 cm³/mol. The van der Waals surface area contributed by atoms with Gasteiger partial charge in [-0.3, -0.25) is 9.59 Å². The van der Waals surface area contributed by atoms with Gasteiger partial charge in [0.2, 0.25) is 0 Å². The van der Waals surface area contributed by atoms with Gasteiger partial charge in [-0.1, -0.05) is 42.5 Å². The van der Waals surface area contributed by atoms with Crippen LogP contribution in [0.4, 0.5) is 0 Å². The number of hydrogen-bond acceptors (Lipinski definition) is 4. The maximum atomic E-state index is 11.2. The molecule has 2 aromatic rings. The van der Waals surface area contributed by atoms with Gasteiger partial charge < -0.3 is 9.47 Å². The topological polar surface area (TPSA) is 52.6 Å². The van der Waals surface area contributed by atoms with Crippen LogP contribution in [0.25, 0.3) is 11.1 Å². The Morgan fingerprint density at radius 3 is 2.17 bits per heavy atom. The van der Waals surface area contributed by atoms with Crippen molar-refractivity contribution in [3.8, 4) is 16.9 Å². The van der Waals surface area contributed by atoms with Gasteiger partial charge in [0.05, 0.1) is 13.2 Å². The molecule has 0 spiro atoms. The number of hydrogen-bond donors (Lipinski definition) is 0. The van der Waals surface area contributed by atoms with E-state index in [-0.39, 0.29) is 18.8 Å². The first-order valence-electron chi connectivity index (χ1n) is 7.58. The smallest absolute Gasteiger partial charge is 0.313 e. The van der Waals surface area contributed by atoms with E-state index in [2.05, 4.69) is 12.1 Å². The van der Waals surface area contributed by atoms with Gasteiger partial charge in [-0.25, -0.2) is 0 Å². The van der Waals surface area contributed by atoms with Crippen LogP contribution in [0.3, 0.4) is 0 Å². The molecule has 0 radical (unpaired) electrons. The summed E-state index contributed by atoms with van der Waals surface area (Å²) in [6.45, 7) is 2.08. The Balaban J connectivity index is 1.71. The van der Waals surface area contributed by atoms with E-state index in [1.54, 1.807) is 0 Å². The standard InChI is InChI=1S/C19H20O4/c1-15(20)14-19(21)23-13-5-12-22-18-10-8-17(9-11-18)16-6-3-2-4-7-16/h2-4,6-11H,5,12-14H2,1H3. The molecule has 23 heavy (non-hydrogen) atoms. The fraction of sp³-hybridized carbons (Fsp3) is 0.263. The highest BCUT2D eigenvalue weighted by molar-refractivity contribution is 5.94. The van der Waals surface area contributed by atoms with E-state index in [9.17, 15) is 9.59 Å². The van der Waals surface area contributed by atoms with Gasteiger partial charge in [-0.15, -0.1) is 0 Å². The molecule has 0 aliphatic rings. The van der Waals surface area contributed by atoms with E-state index in [1.807, 2.05) is 42.5 Å². The highest BCUT2D eigenvalue weighted by Gasteiger charge is 2.05. The van der Waals surface area contributed by atoms with E-state index in [0.29, 0.717) is 13.0 Å². The Bertz CT molecular complexity index is 632. The van der Waals surface area contributed by atoms with Crippen LogP contribution in [0.1, 0.15) is 19.8 Å². The Morgan fingerprint density at radius 1 is 0.870 bits per heavy atom. The molecule has 0 aliphatic carbocycles. The van der Waals surface area contributed by atoms with Crippen LogP contribution in [0.2, 0.25) is 0 Å². The van der Waals surface area contributed by atoms with Gasteiger partial charge in [0, 0.05) is 6.42 Å². The molecule has 0 heterocycles. The second-order valence-electron chi connectivity index (χ2n) is 5.19. The van der Waals surface area contributed by atoms with Gasteiger partial charge in [0.1, 0.15) is 18.0 Å². The molecule has 4 nitrogen and oxygen atoms in total. The summed E-state index contributed by atoms with van der Waals surface area (Å²) in [5.74, 6) is 0.106. The Labute approximate surface area is 136 Å². The maximum absolute atomic E-state index is 11.2. The fourth-order valence-corrected chi connectivity index (χ4v) is 2.06. The van der Waals surface area contributed by atoms with Crippen LogP contribution < -0.4 is 4.74 Å². The SMILES string of the molecule is CC(=O)CC(=O)OCCCOc1ccc(-c2ccccc2)cc1. The third kappa shape index (κ3) is 5.94. The lowest BCUT2D eigenvalue weighted by Gasteiger charge is -2.08. The summed E-state index contributed by atoms with van der Waals surface area (Å²) >= 11 is 0. The van der Waals surface area contributed by atoms with Crippen LogP contribution in [0.15, 0.2) is 54.6 Å². The average molecular weight is 312 g/mol.